The van der Waals surface area contributed by atoms with E-state index in [0.29, 0.717) is 22.4 Å². The van der Waals surface area contributed by atoms with Crippen LogP contribution >= 0.6 is 23.2 Å². The summed E-state index contributed by atoms with van der Waals surface area (Å²) in [6, 6.07) is 5.39. The first-order valence-corrected chi connectivity index (χ1v) is 5.22. The van der Waals surface area contributed by atoms with E-state index in [4.69, 9.17) is 27.9 Å². The Morgan fingerprint density at radius 1 is 1.21 bits per heavy atom. The molecule has 0 N–H and O–H groups in total. The second-order valence-electron chi connectivity index (χ2n) is 4.40. The minimum atomic E-state index is 0.117. The number of rotatable bonds is 2. The molecule has 78 valence electrons. The van der Waals surface area contributed by atoms with E-state index in [1.165, 1.54) is 0 Å². The Hall–Kier alpha value is -0.400. The fraction of sp³-hybridized carbons (Fsp3) is 0.455. The smallest absolute Gasteiger partial charge is 0.139 e. The van der Waals surface area contributed by atoms with Gasteiger partial charge in [-0.2, -0.15) is 0 Å². The normalized spacial score (nSPS) is 11.5. The van der Waals surface area contributed by atoms with Gasteiger partial charge in [0.05, 0.1) is 11.6 Å². The second-order valence-corrected chi connectivity index (χ2v) is 5.19. The van der Waals surface area contributed by atoms with E-state index in [2.05, 4.69) is 20.8 Å². The van der Waals surface area contributed by atoms with Crippen LogP contribution in [0.2, 0.25) is 10.0 Å². The molecule has 1 nitrogen and oxygen atoms in total. The lowest BCUT2D eigenvalue weighted by atomic mass is 9.99. The maximum atomic E-state index is 5.97. The molecule has 0 amide bonds. The number of hydrogen-bond donors (Lipinski definition) is 0. The Morgan fingerprint density at radius 2 is 1.86 bits per heavy atom. The van der Waals surface area contributed by atoms with Crippen molar-refractivity contribution in [2.75, 3.05) is 6.61 Å². The summed E-state index contributed by atoms with van der Waals surface area (Å²) in [4.78, 5) is 0. The van der Waals surface area contributed by atoms with Gasteiger partial charge in [0.1, 0.15) is 10.8 Å². The number of ether oxygens (including phenoxy) is 1. The van der Waals surface area contributed by atoms with Gasteiger partial charge in [0, 0.05) is 0 Å². The van der Waals surface area contributed by atoms with Crippen LogP contribution in [0.3, 0.4) is 0 Å². The highest BCUT2D eigenvalue weighted by Gasteiger charge is 2.13. The third-order valence-corrected chi connectivity index (χ3v) is 2.38. The molecule has 0 atom stereocenters. The van der Waals surface area contributed by atoms with Gasteiger partial charge in [0.25, 0.3) is 0 Å². The molecule has 0 aliphatic carbocycles. The zero-order valence-corrected chi connectivity index (χ0v) is 10.1. The lowest BCUT2D eigenvalue weighted by Gasteiger charge is -2.19. The van der Waals surface area contributed by atoms with Crippen LogP contribution in [0, 0.1) is 5.41 Å². The van der Waals surface area contributed by atoms with Crippen molar-refractivity contribution in [3.05, 3.63) is 28.2 Å². The first-order valence-electron chi connectivity index (χ1n) is 4.47. The molecular weight excluding hydrogens is 219 g/mol. The van der Waals surface area contributed by atoms with E-state index in [1.807, 2.05) is 12.1 Å². The van der Waals surface area contributed by atoms with Crippen LogP contribution in [0.25, 0.3) is 0 Å². The molecule has 0 aliphatic rings. The van der Waals surface area contributed by atoms with Gasteiger partial charge >= 0.3 is 0 Å². The molecule has 0 saturated heterocycles. The summed E-state index contributed by atoms with van der Waals surface area (Å²) in [7, 11) is 0. The van der Waals surface area contributed by atoms with E-state index >= 15 is 0 Å². The number of benzene rings is 1. The van der Waals surface area contributed by atoms with E-state index in [-0.39, 0.29) is 5.41 Å². The summed E-state index contributed by atoms with van der Waals surface area (Å²) < 4.78 is 5.57. The summed E-state index contributed by atoms with van der Waals surface area (Å²) in [6.07, 6.45) is 0. The maximum absolute atomic E-state index is 5.97. The van der Waals surface area contributed by atoms with E-state index < -0.39 is 0 Å². The second kappa shape index (κ2) is 4.41. The van der Waals surface area contributed by atoms with Crippen LogP contribution in [0.4, 0.5) is 0 Å². The minimum Gasteiger partial charge on any atom is -0.491 e. The van der Waals surface area contributed by atoms with Crippen molar-refractivity contribution in [1.82, 2.24) is 0 Å². The Labute approximate surface area is 95.0 Å². The van der Waals surface area contributed by atoms with Gasteiger partial charge in [0.15, 0.2) is 0 Å². The fourth-order valence-corrected chi connectivity index (χ4v) is 1.24. The maximum Gasteiger partial charge on any atom is 0.139 e. The SMILES string of the molecule is CC(C)(C)COc1cccc(Cl)c1Cl. The topological polar surface area (TPSA) is 9.23 Å². The van der Waals surface area contributed by atoms with E-state index in [9.17, 15) is 0 Å². The van der Waals surface area contributed by atoms with E-state index in [1.54, 1.807) is 6.07 Å². The van der Waals surface area contributed by atoms with Gasteiger partial charge in [-0.1, -0.05) is 50.0 Å². The predicted molar refractivity (Wildman–Crippen MR) is 61.4 cm³/mol. The molecule has 1 aromatic carbocycles. The van der Waals surface area contributed by atoms with Gasteiger partial charge < -0.3 is 4.74 Å². The van der Waals surface area contributed by atoms with Gasteiger partial charge in [-0.15, -0.1) is 0 Å². The summed E-state index contributed by atoms with van der Waals surface area (Å²) in [5, 5.41) is 1.01. The lowest BCUT2D eigenvalue weighted by molar-refractivity contribution is 0.198. The Morgan fingerprint density at radius 3 is 2.43 bits per heavy atom. The molecule has 0 aliphatic heterocycles. The van der Waals surface area contributed by atoms with Crippen LogP contribution < -0.4 is 4.74 Å². The highest BCUT2D eigenvalue weighted by Crippen LogP contribution is 2.32. The van der Waals surface area contributed by atoms with Gasteiger partial charge in [-0.3, -0.25) is 0 Å². The molecule has 0 radical (unpaired) electrons. The van der Waals surface area contributed by atoms with Crippen LogP contribution in [-0.4, -0.2) is 6.61 Å². The fourth-order valence-electron chi connectivity index (χ4n) is 0.890. The first kappa shape index (κ1) is 11.7. The minimum absolute atomic E-state index is 0.117. The zero-order valence-electron chi connectivity index (χ0n) is 8.60. The Balaban J connectivity index is 2.73. The van der Waals surface area contributed by atoms with Gasteiger partial charge in [-0.05, 0) is 17.5 Å². The molecule has 14 heavy (non-hydrogen) atoms. The number of hydrogen-bond acceptors (Lipinski definition) is 1. The Kier molecular flexibility index (Phi) is 3.68. The van der Waals surface area contributed by atoms with Crippen molar-refractivity contribution in [1.29, 1.82) is 0 Å². The van der Waals surface area contributed by atoms with Crippen molar-refractivity contribution in [2.45, 2.75) is 20.8 Å². The van der Waals surface area contributed by atoms with Crippen molar-refractivity contribution in [2.24, 2.45) is 5.41 Å². The summed E-state index contributed by atoms with van der Waals surface area (Å²) >= 11 is 11.8. The molecule has 0 fully saturated rings. The highest BCUT2D eigenvalue weighted by molar-refractivity contribution is 6.42. The standard InChI is InChI=1S/C11H14Cl2O/c1-11(2,3)7-14-9-6-4-5-8(12)10(9)13/h4-6H,7H2,1-3H3. The Bertz CT molecular complexity index is 316. The largest absolute Gasteiger partial charge is 0.491 e. The molecular formula is C11H14Cl2O. The van der Waals surface area contributed by atoms with Crippen LogP contribution in [0.5, 0.6) is 5.75 Å². The van der Waals surface area contributed by atoms with Crippen LogP contribution in [0.1, 0.15) is 20.8 Å². The van der Waals surface area contributed by atoms with Crippen LogP contribution in [0.15, 0.2) is 18.2 Å². The third kappa shape index (κ3) is 3.39. The average Bonchev–Trinajstić information content (AvgIpc) is 2.06. The van der Waals surface area contributed by atoms with E-state index in [0.717, 1.165) is 0 Å². The molecule has 0 heterocycles. The highest BCUT2D eigenvalue weighted by atomic mass is 35.5. The number of halogens is 2. The van der Waals surface area contributed by atoms with Crippen molar-refractivity contribution in [3.8, 4) is 5.75 Å². The lowest BCUT2D eigenvalue weighted by Crippen LogP contribution is -2.16. The first-order chi connectivity index (χ1) is 6.40. The molecule has 0 unspecified atom stereocenters. The summed E-state index contributed by atoms with van der Waals surface area (Å²) in [6.45, 7) is 6.93. The summed E-state index contributed by atoms with van der Waals surface area (Å²) in [5.41, 5.74) is 0.117. The van der Waals surface area contributed by atoms with Crippen LogP contribution in [-0.2, 0) is 0 Å². The molecule has 3 heteroatoms. The van der Waals surface area contributed by atoms with Gasteiger partial charge in [-0.25, -0.2) is 0 Å². The quantitative estimate of drug-likeness (QED) is 0.734. The van der Waals surface area contributed by atoms with Crippen molar-refractivity contribution < 1.29 is 4.74 Å². The average molecular weight is 233 g/mol. The molecule has 1 aromatic rings. The molecule has 0 bridgehead atoms. The summed E-state index contributed by atoms with van der Waals surface area (Å²) in [5.74, 6) is 0.647. The molecule has 0 saturated carbocycles. The molecule has 0 aromatic heterocycles. The van der Waals surface area contributed by atoms with Crippen molar-refractivity contribution in [3.63, 3.8) is 0 Å². The molecule has 1 rings (SSSR count). The zero-order chi connectivity index (χ0) is 10.8. The monoisotopic (exact) mass is 232 g/mol. The van der Waals surface area contributed by atoms with Gasteiger partial charge in [0.2, 0.25) is 0 Å². The molecule has 0 spiro atoms. The predicted octanol–water partition coefficient (Wildman–Crippen LogP) is 4.42. The van der Waals surface area contributed by atoms with Crippen molar-refractivity contribution >= 4 is 23.2 Å². The third-order valence-electron chi connectivity index (χ3n) is 1.58.